The van der Waals surface area contributed by atoms with Gasteiger partial charge in [-0.1, -0.05) is 6.07 Å². The first-order chi connectivity index (χ1) is 8.74. The van der Waals surface area contributed by atoms with Gasteiger partial charge in [0, 0.05) is 12.6 Å². The molecule has 1 aromatic carbocycles. The second-order valence-corrected chi connectivity index (χ2v) is 4.49. The number of aryl methyl sites for hydroxylation is 1. The van der Waals surface area contributed by atoms with E-state index in [0.717, 1.165) is 18.6 Å². The maximum absolute atomic E-state index is 11.4. The number of likely N-dealkylation sites (N-methyl/N-ethyl adjacent to an activating group) is 1. The molecule has 0 spiro atoms. The SMILES string of the molecule is CCNC(=O)CNC1CCc2ccc(OC)cc21. The molecular weight excluding hydrogens is 228 g/mol. The van der Waals surface area contributed by atoms with Gasteiger partial charge in [0.15, 0.2) is 0 Å². The molecule has 0 radical (unpaired) electrons. The van der Waals surface area contributed by atoms with Crippen molar-refractivity contribution in [2.45, 2.75) is 25.8 Å². The minimum absolute atomic E-state index is 0.0499. The van der Waals surface area contributed by atoms with Crippen LogP contribution < -0.4 is 15.4 Å². The molecule has 1 unspecified atom stereocenters. The quantitative estimate of drug-likeness (QED) is 0.828. The van der Waals surface area contributed by atoms with Crippen molar-refractivity contribution in [2.75, 3.05) is 20.2 Å². The van der Waals surface area contributed by atoms with Crippen molar-refractivity contribution in [3.05, 3.63) is 29.3 Å². The highest BCUT2D eigenvalue weighted by Crippen LogP contribution is 2.33. The molecular formula is C14H20N2O2. The monoisotopic (exact) mass is 248 g/mol. The molecule has 0 aliphatic heterocycles. The summed E-state index contributed by atoms with van der Waals surface area (Å²) < 4.78 is 5.24. The van der Waals surface area contributed by atoms with Crippen molar-refractivity contribution in [3.63, 3.8) is 0 Å². The van der Waals surface area contributed by atoms with Crippen molar-refractivity contribution < 1.29 is 9.53 Å². The first-order valence-electron chi connectivity index (χ1n) is 6.41. The molecule has 0 aromatic heterocycles. The van der Waals surface area contributed by atoms with Crippen molar-refractivity contribution in [1.82, 2.24) is 10.6 Å². The third kappa shape index (κ3) is 2.82. The minimum atomic E-state index is 0.0499. The fourth-order valence-electron chi connectivity index (χ4n) is 2.39. The molecule has 2 N–H and O–H groups in total. The van der Waals surface area contributed by atoms with Gasteiger partial charge in [-0.25, -0.2) is 0 Å². The van der Waals surface area contributed by atoms with Crippen LogP contribution in [0.25, 0.3) is 0 Å². The normalized spacial score (nSPS) is 17.3. The highest BCUT2D eigenvalue weighted by Gasteiger charge is 2.22. The van der Waals surface area contributed by atoms with Crippen LogP contribution in [0.15, 0.2) is 18.2 Å². The molecule has 0 fully saturated rings. The summed E-state index contributed by atoms with van der Waals surface area (Å²) in [6.45, 7) is 2.97. The molecule has 18 heavy (non-hydrogen) atoms. The molecule has 2 rings (SSSR count). The van der Waals surface area contributed by atoms with E-state index >= 15 is 0 Å². The van der Waals surface area contributed by atoms with E-state index in [2.05, 4.69) is 22.8 Å². The summed E-state index contributed by atoms with van der Waals surface area (Å²) in [5.74, 6) is 0.925. The van der Waals surface area contributed by atoms with Crippen LogP contribution in [0.4, 0.5) is 0 Å². The Hall–Kier alpha value is -1.55. The van der Waals surface area contributed by atoms with Gasteiger partial charge in [-0.05, 0) is 43.0 Å². The van der Waals surface area contributed by atoms with Crippen molar-refractivity contribution >= 4 is 5.91 Å². The summed E-state index contributed by atoms with van der Waals surface area (Å²) in [4.78, 5) is 11.4. The summed E-state index contributed by atoms with van der Waals surface area (Å²) >= 11 is 0. The molecule has 4 heteroatoms. The third-order valence-electron chi connectivity index (χ3n) is 3.31. The highest BCUT2D eigenvalue weighted by molar-refractivity contribution is 5.78. The van der Waals surface area contributed by atoms with Crippen LogP contribution in [0, 0.1) is 0 Å². The highest BCUT2D eigenvalue weighted by atomic mass is 16.5. The average molecular weight is 248 g/mol. The van der Waals surface area contributed by atoms with Gasteiger partial charge in [0.2, 0.25) is 5.91 Å². The van der Waals surface area contributed by atoms with E-state index in [-0.39, 0.29) is 11.9 Å². The molecule has 1 aliphatic carbocycles. The number of hydrogen-bond acceptors (Lipinski definition) is 3. The molecule has 1 aliphatic rings. The maximum atomic E-state index is 11.4. The number of hydrogen-bond donors (Lipinski definition) is 2. The smallest absolute Gasteiger partial charge is 0.233 e. The number of ether oxygens (including phenoxy) is 1. The maximum Gasteiger partial charge on any atom is 0.233 e. The molecule has 1 atom stereocenters. The Morgan fingerprint density at radius 1 is 1.50 bits per heavy atom. The molecule has 4 nitrogen and oxygen atoms in total. The summed E-state index contributed by atoms with van der Waals surface area (Å²) in [5.41, 5.74) is 2.61. The molecule has 1 aromatic rings. The minimum Gasteiger partial charge on any atom is -0.497 e. The van der Waals surface area contributed by atoms with Gasteiger partial charge in [0.25, 0.3) is 0 Å². The van der Waals surface area contributed by atoms with Crippen LogP contribution in [-0.2, 0) is 11.2 Å². The number of fused-ring (bicyclic) bond motifs is 1. The lowest BCUT2D eigenvalue weighted by molar-refractivity contribution is -0.120. The van der Waals surface area contributed by atoms with E-state index in [1.807, 2.05) is 13.0 Å². The van der Waals surface area contributed by atoms with Crippen molar-refractivity contribution in [1.29, 1.82) is 0 Å². The second kappa shape index (κ2) is 5.87. The molecule has 1 amide bonds. The fraction of sp³-hybridized carbons (Fsp3) is 0.500. The van der Waals surface area contributed by atoms with Gasteiger partial charge in [-0.3, -0.25) is 4.79 Å². The topological polar surface area (TPSA) is 50.4 Å². The number of rotatable bonds is 5. The molecule has 0 heterocycles. The lowest BCUT2D eigenvalue weighted by atomic mass is 10.1. The lowest BCUT2D eigenvalue weighted by Crippen LogP contribution is -2.35. The Bertz CT molecular complexity index is 432. The Morgan fingerprint density at radius 3 is 3.06 bits per heavy atom. The zero-order chi connectivity index (χ0) is 13.0. The average Bonchev–Trinajstić information content (AvgIpc) is 2.79. The summed E-state index contributed by atoms with van der Waals surface area (Å²) in [5, 5.41) is 6.10. The Balaban J connectivity index is 2.00. The number of benzene rings is 1. The fourth-order valence-corrected chi connectivity index (χ4v) is 2.39. The van der Waals surface area contributed by atoms with E-state index in [4.69, 9.17) is 4.74 Å². The van der Waals surface area contributed by atoms with Crippen LogP contribution in [0.3, 0.4) is 0 Å². The van der Waals surface area contributed by atoms with Gasteiger partial charge in [0.1, 0.15) is 5.75 Å². The van der Waals surface area contributed by atoms with Gasteiger partial charge in [0.05, 0.1) is 13.7 Å². The van der Waals surface area contributed by atoms with Gasteiger partial charge >= 0.3 is 0 Å². The zero-order valence-electron chi connectivity index (χ0n) is 11.0. The predicted octanol–water partition coefficient (Wildman–Crippen LogP) is 1.41. The molecule has 0 bridgehead atoms. The first-order valence-corrected chi connectivity index (χ1v) is 6.41. The number of amides is 1. The van der Waals surface area contributed by atoms with Gasteiger partial charge in [-0.2, -0.15) is 0 Å². The summed E-state index contributed by atoms with van der Waals surface area (Å²) in [7, 11) is 1.67. The Morgan fingerprint density at radius 2 is 2.33 bits per heavy atom. The van der Waals surface area contributed by atoms with Gasteiger partial charge in [-0.15, -0.1) is 0 Å². The summed E-state index contributed by atoms with van der Waals surface area (Å²) in [6.07, 6.45) is 2.11. The van der Waals surface area contributed by atoms with Crippen LogP contribution in [-0.4, -0.2) is 26.1 Å². The second-order valence-electron chi connectivity index (χ2n) is 4.49. The summed E-state index contributed by atoms with van der Waals surface area (Å²) in [6, 6.07) is 6.43. The number of nitrogens with one attached hydrogen (secondary N) is 2. The van der Waals surface area contributed by atoms with E-state index < -0.39 is 0 Å². The largest absolute Gasteiger partial charge is 0.497 e. The van der Waals surface area contributed by atoms with Crippen molar-refractivity contribution in [2.24, 2.45) is 0 Å². The van der Waals surface area contributed by atoms with Crippen LogP contribution in [0.2, 0.25) is 0 Å². The Kier molecular flexibility index (Phi) is 4.20. The molecule has 0 saturated heterocycles. The third-order valence-corrected chi connectivity index (χ3v) is 3.31. The van der Waals surface area contributed by atoms with E-state index in [1.54, 1.807) is 7.11 Å². The Labute approximate surface area is 108 Å². The van der Waals surface area contributed by atoms with E-state index in [9.17, 15) is 4.79 Å². The van der Waals surface area contributed by atoms with E-state index in [1.165, 1.54) is 11.1 Å². The van der Waals surface area contributed by atoms with Crippen LogP contribution in [0.5, 0.6) is 5.75 Å². The van der Waals surface area contributed by atoms with Crippen LogP contribution >= 0.6 is 0 Å². The van der Waals surface area contributed by atoms with Crippen LogP contribution in [0.1, 0.15) is 30.5 Å². The predicted molar refractivity (Wildman–Crippen MR) is 70.7 cm³/mol. The number of carbonyl (C=O) groups excluding carboxylic acids is 1. The number of methoxy groups -OCH3 is 1. The zero-order valence-corrected chi connectivity index (χ0v) is 11.0. The van der Waals surface area contributed by atoms with Crippen molar-refractivity contribution in [3.8, 4) is 5.75 Å². The first kappa shape index (κ1) is 12.9. The van der Waals surface area contributed by atoms with Gasteiger partial charge < -0.3 is 15.4 Å². The molecule has 0 saturated carbocycles. The standard InChI is InChI=1S/C14H20N2O2/c1-3-15-14(17)9-16-13-7-5-10-4-6-11(18-2)8-12(10)13/h4,6,8,13,16H,3,5,7,9H2,1-2H3,(H,15,17). The van der Waals surface area contributed by atoms with E-state index in [0.29, 0.717) is 13.1 Å². The number of carbonyl (C=O) groups is 1. The molecule has 98 valence electrons. The lowest BCUT2D eigenvalue weighted by Gasteiger charge is -2.14.